The Bertz CT molecular complexity index is 1360. The van der Waals surface area contributed by atoms with Gasteiger partial charge in [-0.15, -0.1) is 0 Å². The molecule has 3 amide bonds. The summed E-state index contributed by atoms with van der Waals surface area (Å²) >= 11 is 3.43. The molecule has 3 heterocycles. The zero-order chi connectivity index (χ0) is 22.4. The van der Waals surface area contributed by atoms with E-state index in [0.717, 1.165) is 26.3 Å². The molecule has 2 aromatic heterocycles. The largest absolute Gasteiger partial charge is 0.323 e. The zero-order valence-electron chi connectivity index (χ0n) is 16.9. The molecule has 0 aliphatic carbocycles. The normalized spacial score (nSPS) is 14.0. The number of aromatic nitrogens is 2. The second-order valence-corrected chi connectivity index (χ2v) is 8.42. The molecular weight excluding hydrogens is 472 g/mol. The van der Waals surface area contributed by atoms with Gasteiger partial charge in [-0.1, -0.05) is 40.2 Å². The third-order valence-corrected chi connectivity index (χ3v) is 5.98. The molecule has 0 spiro atoms. The van der Waals surface area contributed by atoms with Crippen molar-refractivity contribution in [2.45, 2.75) is 13.0 Å². The van der Waals surface area contributed by atoms with Gasteiger partial charge in [0.15, 0.2) is 0 Å². The Labute approximate surface area is 191 Å². The first-order valence-electron chi connectivity index (χ1n) is 9.95. The van der Waals surface area contributed by atoms with Crippen LogP contribution in [0.25, 0.3) is 16.9 Å². The lowest BCUT2D eigenvalue weighted by molar-refractivity contribution is -0.119. The number of amides is 3. The van der Waals surface area contributed by atoms with Gasteiger partial charge in [-0.3, -0.25) is 19.3 Å². The first kappa shape index (κ1) is 20.1. The first-order chi connectivity index (χ1) is 15.4. The number of fused-ring (bicyclic) bond motifs is 2. The topological polar surface area (TPSA) is 83.8 Å². The van der Waals surface area contributed by atoms with Crippen LogP contribution in [0.1, 0.15) is 27.6 Å². The van der Waals surface area contributed by atoms with Gasteiger partial charge in [0, 0.05) is 22.4 Å². The van der Waals surface area contributed by atoms with Gasteiger partial charge in [0.2, 0.25) is 5.91 Å². The second-order valence-electron chi connectivity index (χ2n) is 7.51. The number of carbonyl (C=O) groups is 3. The number of benzene rings is 2. The number of anilines is 1. The van der Waals surface area contributed by atoms with E-state index < -0.39 is 23.8 Å². The molecule has 1 aliphatic rings. The van der Waals surface area contributed by atoms with E-state index in [1.54, 1.807) is 49.5 Å². The van der Waals surface area contributed by atoms with Gasteiger partial charge < -0.3 is 9.72 Å². The van der Waals surface area contributed by atoms with Crippen molar-refractivity contribution in [2.75, 3.05) is 5.32 Å². The third kappa shape index (κ3) is 3.38. The standard InChI is InChI=1S/C24H17BrN4O3/c1-14(29-23(31)18-4-2-3-5-19(18)24(29)32)22(30)26-17-10-11-21-27-20(13-28(21)12-17)15-6-8-16(25)9-7-15/h2-14H,1H3,(H,26,30). The van der Waals surface area contributed by atoms with Crippen molar-refractivity contribution < 1.29 is 14.4 Å². The number of nitrogens with zero attached hydrogens (tertiary/aromatic N) is 3. The molecular formula is C24H17BrN4O3. The fraction of sp³-hybridized carbons (Fsp3) is 0.0833. The molecule has 4 aromatic rings. The third-order valence-electron chi connectivity index (χ3n) is 5.45. The summed E-state index contributed by atoms with van der Waals surface area (Å²) in [6.45, 7) is 1.54. The Morgan fingerprint density at radius 3 is 2.25 bits per heavy atom. The van der Waals surface area contributed by atoms with Gasteiger partial charge in [-0.05, 0) is 43.3 Å². The van der Waals surface area contributed by atoms with Crippen LogP contribution in [0.15, 0.2) is 77.5 Å². The second kappa shape index (κ2) is 7.72. The van der Waals surface area contributed by atoms with Gasteiger partial charge in [-0.25, -0.2) is 4.98 Å². The monoisotopic (exact) mass is 488 g/mol. The summed E-state index contributed by atoms with van der Waals surface area (Å²) in [7, 11) is 0. The Morgan fingerprint density at radius 2 is 1.59 bits per heavy atom. The lowest BCUT2D eigenvalue weighted by Gasteiger charge is -2.21. The molecule has 1 unspecified atom stereocenters. The van der Waals surface area contributed by atoms with Gasteiger partial charge in [-0.2, -0.15) is 0 Å². The molecule has 1 aliphatic heterocycles. The molecule has 2 aromatic carbocycles. The van der Waals surface area contributed by atoms with Crippen LogP contribution in [-0.2, 0) is 4.79 Å². The van der Waals surface area contributed by atoms with E-state index in [9.17, 15) is 14.4 Å². The summed E-state index contributed by atoms with van der Waals surface area (Å²) in [6, 6.07) is 17.0. The molecule has 1 atom stereocenters. The summed E-state index contributed by atoms with van der Waals surface area (Å²) < 4.78 is 2.81. The minimum absolute atomic E-state index is 0.317. The average Bonchev–Trinajstić information content (AvgIpc) is 3.32. The minimum Gasteiger partial charge on any atom is -0.323 e. The van der Waals surface area contributed by atoms with Crippen LogP contribution < -0.4 is 5.32 Å². The van der Waals surface area contributed by atoms with Crippen molar-refractivity contribution in [3.63, 3.8) is 0 Å². The molecule has 0 radical (unpaired) electrons. The fourth-order valence-electron chi connectivity index (χ4n) is 3.75. The van der Waals surface area contributed by atoms with Crippen LogP contribution >= 0.6 is 15.9 Å². The van der Waals surface area contributed by atoms with Crippen molar-refractivity contribution >= 4 is 45.0 Å². The van der Waals surface area contributed by atoms with E-state index in [-0.39, 0.29) is 0 Å². The molecule has 0 saturated heterocycles. The predicted molar refractivity (Wildman–Crippen MR) is 123 cm³/mol. The van der Waals surface area contributed by atoms with E-state index in [4.69, 9.17) is 0 Å². The number of carbonyl (C=O) groups excluding carboxylic acids is 3. The lowest BCUT2D eigenvalue weighted by Crippen LogP contribution is -2.45. The number of halogens is 1. The van der Waals surface area contributed by atoms with E-state index >= 15 is 0 Å². The maximum atomic E-state index is 12.8. The summed E-state index contributed by atoms with van der Waals surface area (Å²) in [5.41, 5.74) is 3.68. The number of pyridine rings is 1. The van der Waals surface area contributed by atoms with Crippen LogP contribution in [0.3, 0.4) is 0 Å². The van der Waals surface area contributed by atoms with E-state index in [1.165, 1.54) is 0 Å². The van der Waals surface area contributed by atoms with Gasteiger partial charge in [0.1, 0.15) is 11.7 Å². The van der Waals surface area contributed by atoms with Crippen molar-refractivity contribution in [1.82, 2.24) is 14.3 Å². The van der Waals surface area contributed by atoms with Crippen LogP contribution in [-0.4, -0.2) is 38.0 Å². The number of nitrogens with one attached hydrogen (secondary N) is 1. The van der Waals surface area contributed by atoms with Crippen LogP contribution in [0, 0.1) is 0 Å². The Hall–Kier alpha value is -3.78. The van der Waals surface area contributed by atoms with Gasteiger partial charge in [0.05, 0.1) is 22.5 Å². The summed E-state index contributed by atoms with van der Waals surface area (Å²) in [4.78, 5) is 43.8. The zero-order valence-corrected chi connectivity index (χ0v) is 18.5. The first-order valence-corrected chi connectivity index (χ1v) is 10.7. The number of hydrogen-bond donors (Lipinski definition) is 1. The quantitative estimate of drug-likeness (QED) is 0.431. The Balaban J connectivity index is 1.36. The number of hydrogen-bond acceptors (Lipinski definition) is 4. The molecule has 1 N–H and O–H groups in total. The van der Waals surface area contributed by atoms with Crippen molar-refractivity contribution in [2.24, 2.45) is 0 Å². The SMILES string of the molecule is CC(C(=O)Nc1ccc2nc(-c3ccc(Br)cc3)cn2c1)N1C(=O)c2ccccc2C1=O. The molecule has 0 saturated carbocycles. The van der Waals surface area contributed by atoms with Crippen molar-refractivity contribution in [3.05, 3.63) is 88.7 Å². The minimum atomic E-state index is -0.959. The molecule has 32 heavy (non-hydrogen) atoms. The predicted octanol–water partition coefficient (Wildman–Crippen LogP) is 4.39. The maximum absolute atomic E-state index is 12.8. The van der Waals surface area contributed by atoms with Crippen LogP contribution in [0.4, 0.5) is 5.69 Å². The summed E-state index contributed by atoms with van der Waals surface area (Å²) in [6.07, 6.45) is 3.62. The molecule has 8 heteroatoms. The van der Waals surface area contributed by atoms with Crippen molar-refractivity contribution in [3.8, 4) is 11.3 Å². The molecule has 7 nitrogen and oxygen atoms in total. The van der Waals surface area contributed by atoms with Crippen LogP contribution in [0.2, 0.25) is 0 Å². The highest BCUT2D eigenvalue weighted by Crippen LogP contribution is 2.26. The fourth-order valence-corrected chi connectivity index (χ4v) is 4.01. The number of imidazole rings is 1. The van der Waals surface area contributed by atoms with E-state index in [1.807, 2.05) is 34.9 Å². The Morgan fingerprint density at radius 1 is 0.938 bits per heavy atom. The molecule has 5 rings (SSSR count). The van der Waals surface area contributed by atoms with Gasteiger partial charge >= 0.3 is 0 Å². The smallest absolute Gasteiger partial charge is 0.262 e. The summed E-state index contributed by atoms with van der Waals surface area (Å²) in [5.74, 6) is -1.37. The average molecular weight is 489 g/mol. The van der Waals surface area contributed by atoms with Crippen LogP contribution in [0.5, 0.6) is 0 Å². The molecule has 0 fully saturated rings. The number of imide groups is 1. The number of rotatable bonds is 4. The van der Waals surface area contributed by atoms with Crippen molar-refractivity contribution in [1.29, 1.82) is 0 Å². The molecule has 0 bridgehead atoms. The summed E-state index contributed by atoms with van der Waals surface area (Å²) in [5, 5.41) is 2.80. The van der Waals surface area contributed by atoms with Gasteiger partial charge in [0.25, 0.3) is 11.8 Å². The maximum Gasteiger partial charge on any atom is 0.262 e. The Kier molecular flexibility index (Phi) is 4.86. The molecule has 158 valence electrons. The lowest BCUT2D eigenvalue weighted by atomic mass is 10.1. The van der Waals surface area contributed by atoms with E-state index in [2.05, 4.69) is 26.2 Å². The highest BCUT2D eigenvalue weighted by molar-refractivity contribution is 9.10. The highest BCUT2D eigenvalue weighted by atomic mass is 79.9. The van der Waals surface area contributed by atoms with E-state index in [0.29, 0.717) is 16.8 Å². The highest BCUT2D eigenvalue weighted by Gasteiger charge is 2.40.